The van der Waals surface area contributed by atoms with Crippen molar-refractivity contribution in [2.75, 3.05) is 47.1 Å². The summed E-state index contributed by atoms with van der Waals surface area (Å²) >= 11 is 0. The molecular formula is C21H36N4O2. The number of rotatable bonds is 11. The molecule has 1 aliphatic rings. The minimum absolute atomic E-state index is 0.437. The summed E-state index contributed by atoms with van der Waals surface area (Å²) in [4.78, 5) is 6.91. The van der Waals surface area contributed by atoms with Gasteiger partial charge in [-0.05, 0) is 31.7 Å². The van der Waals surface area contributed by atoms with Gasteiger partial charge in [0, 0.05) is 52.5 Å². The van der Waals surface area contributed by atoms with E-state index in [0.29, 0.717) is 25.3 Å². The van der Waals surface area contributed by atoms with Crippen LogP contribution in [-0.2, 0) is 16.0 Å². The van der Waals surface area contributed by atoms with E-state index in [1.165, 1.54) is 5.56 Å². The quantitative estimate of drug-likeness (QED) is 0.352. The van der Waals surface area contributed by atoms with Crippen LogP contribution in [-0.4, -0.2) is 70.0 Å². The van der Waals surface area contributed by atoms with Gasteiger partial charge in [0.15, 0.2) is 5.96 Å². The minimum atomic E-state index is 0.437. The van der Waals surface area contributed by atoms with Gasteiger partial charge in [-0.25, -0.2) is 0 Å². The number of nitrogens with zero attached hydrogens (tertiary/aromatic N) is 2. The standard InChI is InChI=1S/C21H36N4O2/c1-18-15-20(17-25(18)16-19-9-5-4-6-10-19)24-21(22-2)23-11-7-8-12-27-14-13-26-3/h4-6,9-10,18,20H,7-8,11-17H2,1-3H3,(H2,22,23,24). The molecule has 0 saturated carbocycles. The average Bonchev–Trinajstić information content (AvgIpc) is 3.02. The number of benzene rings is 1. The third kappa shape index (κ3) is 8.28. The van der Waals surface area contributed by atoms with Crippen LogP contribution in [0.4, 0.5) is 0 Å². The largest absolute Gasteiger partial charge is 0.382 e. The van der Waals surface area contributed by atoms with Crippen LogP contribution in [0.1, 0.15) is 31.7 Å². The lowest BCUT2D eigenvalue weighted by molar-refractivity contribution is 0.0689. The molecule has 2 atom stereocenters. The maximum atomic E-state index is 5.48. The van der Waals surface area contributed by atoms with Gasteiger partial charge in [0.05, 0.1) is 13.2 Å². The van der Waals surface area contributed by atoms with E-state index in [1.54, 1.807) is 7.11 Å². The Hall–Kier alpha value is -1.63. The molecule has 0 aliphatic carbocycles. The summed E-state index contributed by atoms with van der Waals surface area (Å²) in [6.07, 6.45) is 3.24. The van der Waals surface area contributed by atoms with Gasteiger partial charge in [-0.3, -0.25) is 9.89 Å². The van der Waals surface area contributed by atoms with E-state index in [0.717, 1.165) is 51.5 Å². The van der Waals surface area contributed by atoms with Crippen molar-refractivity contribution in [2.24, 2.45) is 4.99 Å². The van der Waals surface area contributed by atoms with E-state index in [-0.39, 0.29) is 0 Å². The highest BCUT2D eigenvalue weighted by molar-refractivity contribution is 5.80. The Morgan fingerprint density at radius 1 is 1.19 bits per heavy atom. The second-order valence-electron chi connectivity index (χ2n) is 7.15. The van der Waals surface area contributed by atoms with Crippen LogP contribution in [0.2, 0.25) is 0 Å². The van der Waals surface area contributed by atoms with Crippen molar-refractivity contribution in [2.45, 2.75) is 44.8 Å². The fourth-order valence-corrected chi connectivity index (χ4v) is 3.41. The lowest BCUT2D eigenvalue weighted by Crippen LogP contribution is -2.44. The van der Waals surface area contributed by atoms with Crippen molar-refractivity contribution < 1.29 is 9.47 Å². The van der Waals surface area contributed by atoms with Gasteiger partial charge in [-0.1, -0.05) is 30.3 Å². The molecule has 0 spiro atoms. The van der Waals surface area contributed by atoms with E-state index in [2.05, 4.69) is 57.8 Å². The van der Waals surface area contributed by atoms with E-state index in [4.69, 9.17) is 9.47 Å². The van der Waals surface area contributed by atoms with Crippen molar-refractivity contribution in [3.8, 4) is 0 Å². The number of hydrogen-bond acceptors (Lipinski definition) is 4. The molecule has 1 aromatic carbocycles. The molecule has 0 radical (unpaired) electrons. The first-order valence-electron chi connectivity index (χ1n) is 10.0. The van der Waals surface area contributed by atoms with E-state index >= 15 is 0 Å². The fourth-order valence-electron chi connectivity index (χ4n) is 3.41. The molecule has 152 valence electrons. The molecule has 1 fully saturated rings. The van der Waals surface area contributed by atoms with Crippen LogP contribution in [0, 0.1) is 0 Å². The molecule has 0 bridgehead atoms. The Kier molecular flexibility index (Phi) is 10.2. The maximum absolute atomic E-state index is 5.48. The Morgan fingerprint density at radius 2 is 2.00 bits per heavy atom. The molecule has 0 aromatic heterocycles. The zero-order chi connectivity index (χ0) is 19.3. The predicted molar refractivity (Wildman–Crippen MR) is 111 cm³/mol. The maximum Gasteiger partial charge on any atom is 0.191 e. The molecule has 2 N–H and O–H groups in total. The first kappa shape index (κ1) is 21.7. The topological polar surface area (TPSA) is 58.1 Å². The first-order chi connectivity index (χ1) is 13.2. The lowest BCUT2D eigenvalue weighted by atomic mass is 10.2. The van der Waals surface area contributed by atoms with Crippen LogP contribution in [0.15, 0.2) is 35.3 Å². The van der Waals surface area contributed by atoms with Crippen LogP contribution in [0.5, 0.6) is 0 Å². The molecule has 1 aromatic rings. The van der Waals surface area contributed by atoms with Crippen LogP contribution in [0.25, 0.3) is 0 Å². The summed E-state index contributed by atoms with van der Waals surface area (Å²) in [5.41, 5.74) is 1.38. The van der Waals surface area contributed by atoms with Gasteiger partial charge in [0.25, 0.3) is 0 Å². The number of guanidine groups is 1. The summed E-state index contributed by atoms with van der Waals surface area (Å²) < 4.78 is 10.4. The van der Waals surface area contributed by atoms with Gasteiger partial charge in [-0.15, -0.1) is 0 Å². The molecule has 2 unspecified atom stereocenters. The summed E-state index contributed by atoms with van der Waals surface area (Å²) in [6, 6.07) is 11.7. The van der Waals surface area contributed by atoms with Crippen molar-refractivity contribution >= 4 is 5.96 Å². The van der Waals surface area contributed by atoms with Gasteiger partial charge in [0.1, 0.15) is 0 Å². The Balaban J connectivity index is 1.63. The average molecular weight is 377 g/mol. The Labute approximate surface area is 164 Å². The molecule has 1 aliphatic heterocycles. The number of unbranched alkanes of at least 4 members (excludes halogenated alkanes) is 1. The SMILES string of the molecule is CN=C(NCCCCOCCOC)NC1CC(C)N(Cc2ccccc2)C1. The number of ether oxygens (including phenoxy) is 2. The highest BCUT2D eigenvalue weighted by atomic mass is 16.5. The molecule has 0 amide bonds. The fraction of sp³-hybridized carbons (Fsp3) is 0.667. The van der Waals surface area contributed by atoms with Gasteiger partial charge >= 0.3 is 0 Å². The number of methoxy groups -OCH3 is 1. The van der Waals surface area contributed by atoms with Crippen LogP contribution >= 0.6 is 0 Å². The Morgan fingerprint density at radius 3 is 2.74 bits per heavy atom. The summed E-state index contributed by atoms with van der Waals surface area (Å²) in [7, 11) is 3.53. The van der Waals surface area contributed by atoms with Crippen molar-refractivity contribution in [3.05, 3.63) is 35.9 Å². The van der Waals surface area contributed by atoms with Crippen LogP contribution < -0.4 is 10.6 Å². The van der Waals surface area contributed by atoms with E-state index in [1.807, 2.05) is 7.05 Å². The number of hydrogen-bond donors (Lipinski definition) is 2. The Bertz CT molecular complexity index is 538. The highest BCUT2D eigenvalue weighted by Crippen LogP contribution is 2.20. The predicted octanol–water partition coefficient (Wildman–Crippen LogP) is 2.26. The smallest absolute Gasteiger partial charge is 0.191 e. The number of aliphatic imine (C=N–C) groups is 1. The van der Waals surface area contributed by atoms with Gasteiger partial charge in [0.2, 0.25) is 0 Å². The molecule has 1 heterocycles. The third-order valence-electron chi connectivity index (χ3n) is 4.94. The lowest BCUT2D eigenvalue weighted by Gasteiger charge is -2.21. The molecule has 1 saturated heterocycles. The summed E-state index contributed by atoms with van der Waals surface area (Å²) in [5.74, 6) is 0.897. The zero-order valence-electron chi connectivity index (χ0n) is 17.1. The monoisotopic (exact) mass is 376 g/mol. The second kappa shape index (κ2) is 12.7. The van der Waals surface area contributed by atoms with Gasteiger partial charge in [-0.2, -0.15) is 0 Å². The molecule has 27 heavy (non-hydrogen) atoms. The third-order valence-corrected chi connectivity index (χ3v) is 4.94. The normalized spacial score (nSPS) is 20.8. The van der Waals surface area contributed by atoms with Crippen molar-refractivity contribution in [1.29, 1.82) is 0 Å². The van der Waals surface area contributed by atoms with Crippen molar-refractivity contribution in [1.82, 2.24) is 15.5 Å². The van der Waals surface area contributed by atoms with E-state index < -0.39 is 0 Å². The summed E-state index contributed by atoms with van der Waals surface area (Å²) in [5, 5.41) is 7.00. The van der Waals surface area contributed by atoms with E-state index in [9.17, 15) is 0 Å². The number of likely N-dealkylation sites (tertiary alicyclic amines) is 1. The zero-order valence-corrected chi connectivity index (χ0v) is 17.1. The molecule has 6 nitrogen and oxygen atoms in total. The first-order valence-corrected chi connectivity index (χ1v) is 10.0. The molecular weight excluding hydrogens is 340 g/mol. The van der Waals surface area contributed by atoms with Crippen molar-refractivity contribution in [3.63, 3.8) is 0 Å². The van der Waals surface area contributed by atoms with Gasteiger partial charge < -0.3 is 20.1 Å². The molecule has 6 heteroatoms. The highest BCUT2D eigenvalue weighted by Gasteiger charge is 2.29. The minimum Gasteiger partial charge on any atom is -0.382 e. The number of nitrogens with one attached hydrogen (secondary N) is 2. The van der Waals surface area contributed by atoms with Crippen LogP contribution in [0.3, 0.4) is 0 Å². The second-order valence-corrected chi connectivity index (χ2v) is 7.15. The summed E-state index contributed by atoms with van der Waals surface area (Å²) in [6.45, 7) is 7.39. The molecule has 2 rings (SSSR count).